The molecule has 17 heavy (non-hydrogen) atoms. The highest BCUT2D eigenvalue weighted by Gasteiger charge is 2.11. The Morgan fingerprint density at radius 2 is 2.00 bits per heavy atom. The average molecular weight is 258 g/mol. The molecule has 0 aliphatic carbocycles. The number of nitrogens with zero attached hydrogens (tertiary/aromatic N) is 1. The second-order valence-electron chi connectivity index (χ2n) is 4.03. The molecule has 0 spiro atoms. The van der Waals surface area contributed by atoms with Crippen molar-refractivity contribution in [1.29, 1.82) is 0 Å². The van der Waals surface area contributed by atoms with Gasteiger partial charge < -0.3 is 16.0 Å². The SMILES string of the molecule is CN(C)CCNc1ccc(S(N)(=O)=O)c(N)c1. The van der Waals surface area contributed by atoms with Crippen LogP contribution in [-0.4, -0.2) is 40.5 Å². The molecule has 0 aromatic heterocycles. The van der Waals surface area contributed by atoms with Crippen LogP contribution in [0.4, 0.5) is 11.4 Å². The van der Waals surface area contributed by atoms with Gasteiger partial charge in [-0.25, -0.2) is 13.6 Å². The second-order valence-corrected chi connectivity index (χ2v) is 5.56. The molecule has 0 fully saturated rings. The minimum Gasteiger partial charge on any atom is -0.398 e. The molecule has 0 atom stereocenters. The minimum absolute atomic E-state index is 0.0457. The minimum atomic E-state index is -3.75. The molecule has 0 radical (unpaired) electrons. The Bertz CT molecular complexity index is 485. The number of nitrogens with two attached hydrogens (primary N) is 2. The summed E-state index contributed by atoms with van der Waals surface area (Å²) >= 11 is 0. The molecule has 0 aliphatic rings. The number of benzene rings is 1. The van der Waals surface area contributed by atoms with E-state index in [9.17, 15) is 8.42 Å². The second kappa shape index (κ2) is 5.35. The highest BCUT2D eigenvalue weighted by molar-refractivity contribution is 7.89. The predicted molar refractivity (Wildman–Crippen MR) is 69.3 cm³/mol. The highest BCUT2D eigenvalue weighted by atomic mass is 32.2. The third-order valence-electron chi connectivity index (χ3n) is 2.20. The largest absolute Gasteiger partial charge is 0.398 e. The summed E-state index contributed by atoms with van der Waals surface area (Å²) in [4.78, 5) is 1.99. The van der Waals surface area contributed by atoms with Crippen molar-refractivity contribution in [3.63, 3.8) is 0 Å². The van der Waals surface area contributed by atoms with Crippen molar-refractivity contribution in [2.45, 2.75) is 4.90 Å². The van der Waals surface area contributed by atoms with Crippen LogP contribution in [0.15, 0.2) is 23.1 Å². The number of anilines is 2. The lowest BCUT2D eigenvalue weighted by Gasteiger charge is -2.12. The summed E-state index contributed by atoms with van der Waals surface area (Å²) in [5.74, 6) is 0. The third kappa shape index (κ3) is 4.22. The van der Waals surface area contributed by atoms with Crippen molar-refractivity contribution < 1.29 is 8.42 Å². The first kappa shape index (κ1) is 13.8. The van der Waals surface area contributed by atoms with E-state index in [2.05, 4.69) is 5.32 Å². The molecular weight excluding hydrogens is 240 g/mol. The van der Waals surface area contributed by atoms with E-state index in [1.54, 1.807) is 12.1 Å². The lowest BCUT2D eigenvalue weighted by molar-refractivity contribution is 0.425. The Morgan fingerprint density at radius 3 is 2.47 bits per heavy atom. The van der Waals surface area contributed by atoms with E-state index >= 15 is 0 Å². The van der Waals surface area contributed by atoms with Crippen molar-refractivity contribution in [1.82, 2.24) is 4.90 Å². The first-order chi connectivity index (χ1) is 7.80. The summed E-state index contributed by atoms with van der Waals surface area (Å²) in [6.07, 6.45) is 0. The Morgan fingerprint density at radius 1 is 1.35 bits per heavy atom. The first-order valence-corrected chi connectivity index (χ1v) is 6.66. The number of likely N-dealkylation sites (N-methyl/N-ethyl adjacent to an activating group) is 1. The number of sulfonamides is 1. The maximum Gasteiger partial charge on any atom is 0.240 e. The van der Waals surface area contributed by atoms with Gasteiger partial charge in [-0.05, 0) is 32.3 Å². The zero-order valence-corrected chi connectivity index (χ0v) is 10.8. The number of nitrogen functional groups attached to an aromatic ring is 1. The average Bonchev–Trinajstić information content (AvgIpc) is 2.14. The molecule has 6 nitrogen and oxygen atoms in total. The van der Waals surface area contributed by atoms with E-state index in [-0.39, 0.29) is 10.6 Å². The monoisotopic (exact) mass is 258 g/mol. The topological polar surface area (TPSA) is 101 Å². The Labute approximate surface area is 102 Å². The molecule has 0 saturated carbocycles. The van der Waals surface area contributed by atoms with Crippen LogP contribution in [-0.2, 0) is 10.0 Å². The van der Waals surface area contributed by atoms with E-state index in [0.717, 1.165) is 18.8 Å². The van der Waals surface area contributed by atoms with E-state index in [1.807, 2.05) is 19.0 Å². The van der Waals surface area contributed by atoms with Crippen LogP contribution in [0.25, 0.3) is 0 Å². The molecule has 1 aromatic rings. The van der Waals surface area contributed by atoms with Crippen LogP contribution in [0.5, 0.6) is 0 Å². The first-order valence-electron chi connectivity index (χ1n) is 5.11. The molecule has 0 heterocycles. The number of rotatable bonds is 5. The standard InChI is InChI=1S/C10H18N4O2S/c1-14(2)6-5-13-8-3-4-10(9(11)7-8)17(12,15)16/h3-4,7,13H,5-6,11H2,1-2H3,(H2,12,15,16). The maximum absolute atomic E-state index is 11.1. The van der Waals surface area contributed by atoms with Crippen LogP contribution in [0.3, 0.4) is 0 Å². The molecule has 0 saturated heterocycles. The van der Waals surface area contributed by atoms with Gasteiger partial charge in [-0.15, -0.1) is 0 Å². The number of hydrogen-bond acceptors (Lipinski definition) is 5. The molecule has 1 aromatic carbocycles. The summed E-state index contributed by atoms with van der Waals surface area (Å²) in [5, 5.41) is 8.15. The summed E-state index contributed by atoms with van der Waals surface area (Å²) in [5.41, 5.74) is 6.56. The summed E-state index contributed by atoms with van der Waals surface area (Å²) < 4.78 is 22.3. The van der Waals surface area contributed by atoms with Crippen LogP contribution < -0.4 is 16.2 Å². The molecule has 7 heteroatoms. The van der Waals surface area contributed by atoms with Gasteiger partial charge in [-0.2, -0.15) is 0 Å². The van der Waals surface area contributed by atoms with Gasteiger partial charge in [0.1, 0.15) is 4.90 Å². The quantitative estimate of drug-likeness (QED) is 0.640. The zero-order chi connectivity index (χ0) is 13.1. The molecular formula is C10H18N4O2S. The van der Waals surface area contributed by atoms with E-state index < -0.39 is 10.0 Å². The van der Waals surface area contributed by atoms with E-state index in [1.165, 1.54) is 6.07 Å². The summed E-state index contributed by atoms with van der Waals surface area (Å²) in [6.45, 7) is 1.62. The fraction of sp³-hybridized carbons (Fsp3) is 0.400. The highest BCUT2D eigenvalue weighted by Crippen LogP contribution is 2.21. The Kier molecular flexibility index (Phi) is 4.33. The molecule has 1 rings (SSSR count). The van der Waals surface area contributed by atoms with Crippen molar-refractivity contribution in [2.75, 3.05) is 38.2 Å². The third-order valence-corrected chi connectivity index (χ3v) is 3.19. The van der Waals surface area contributed by atoms with Crippen LogP contribution in [0, 0.1) is 0 Å². The molecule has 5 N–H and O–H groups in total. The fourth-order valence-corrected chi connectivity index (χ4v) is 1.99. The van der Waals surface area contributed by atoms with Gasteiger partial charge in [-0.1, -0.05) is 0 Å². The predicted octanol–water partition coefficient (Wildman–Crippen LogP) is -0.110. The van der Waals surface area contributed by atoms with Gasteiger partial charge in [0, 0.05) is 18.8 Å². The normalized spacial score (nSPS) is 11.8. The smallest absolute Gasteiger partial charge is 0.240 e. The van der Waals surface area contributed by atoms with Crippen molar-refractivity contribution in [2.24, 2.45) is 5.14 Å². The van der Waals surface area contributed by atoms with E-state index in [0.29, 0.717) is 0 Å². The molecule has 0 unspecified atom stereocenters. The van der Waals surface area contributed by atoms with Crippen molar-refractivity contribution in [3.05, 3.63) is 18.2 Å². The lowest BCUT2D eigenvalue weighted by Crippen LogP contribution is -2.21. The molecule has 0 amide bonds. The van der Waals surface area contributed by atoms with Gasteiger partial charge in [0.25, 0.3) is 0 Å². The van der Waals surface area contributed by atoms with Crippen LogP contribution >= 0.6 is 0 Å². The van der Waals surface area contributed by atoms with E-state index in [4.69, 9.17) is 10.9 Å². The number of nitrogens with one attached hydrogen (secondary N) is 1. The van der Waals surface area contributed by atoms with Gasteiger partial charge in [0.05, 0.1) is 5.69 Å². The van der Waals surface area contributed by atoms with Gasteiger partial charge in [0.2, 0.25) is 10.0 Å². The summed E-state index contributed by atoms with van der Waals surface area (Å²) in [7, 11) is 0.200. The maximum atomic E-state index is 11.1. The fourth-order valence-electron chi connectivity index (χ4n) is 1.34. The Hall–Kier alpha value is -1.31. The van der Waals surface area contributed by atoms with Gasteiger partial charge >= 0.3 is 0 Å². The zero-order valence-electron chi connectivity index (χ0n) is 9.97. The van der Waals surface area contributed by atoms with Gasteiger partial charge in [-0.3, -0.25) is 0 Å². The molecule has 0 aliphatic heterocycles. The van der Waals surface area contributed by atoms with Crippen LogP contribution in [0.1, 0.15) is 0 Å². The van der Waals surface area contributed by atoms with Crippen LogP contribution in [0.2, 0.25) is 0 Å². The number of primary sulfonamides is 1. The number of hydrogen-bond donors (Lipinski definition) is 3. The van der Waals surface area contributed by atoms with Gasteiger partial charge in [0.15, 0.2) is 0 Å². The molecule has 0 bridgehead atoms. The van der Waals surface area contributed by atoms with Crippen molar-refractivity contribution >= 4 is 21.4 Å². The summed E-state index contributed by atoms with van der Waals surface area (Å²) in [6, 6.07) is 4.61. The van der Waals surface area contributed by atoms with Crippen molar-refractivity contribution in [3.8, 4) is 0 Å². The lowest BCUT2D eigenvalue weighted by atomic mass is 10.3. The Balaban J connectivity index is 2.76. The molecule has 96 valence electrons.